The highest BCUT2D eigenvalue weighted by Gasteiger charge is 2.33. The quantitative estimate of drug-likeness (QED) is 0.486. The average Bonchev–Trinajstić information content (AvgIpc) is 3.21. The molecule has 0 saturated carbocycles. The van der Waals surface area contributed by atoms with Crippen LogP contribution in [0.2, 0.25) is 0 Å². The van der Waals surface area contributed by atoms with Crippen molar-refractivity contribution in [3.05, 3.63) is 57.5 Å². The van der Waals surface area contributed by atoms with Crippen molar-refractivity contribution in [3.8, 4) is 0 Å². The molecule has 0 radical (unpaired) electrons. The lowest BCUT2D eigenvalue weighted by molar-refractivity contribution is -0.126. The summed E-state index contributed by atoms with van der Waals surface area (Å²) in [6.07, 6.45) is 4.60. The van der Waals surface area contributed by atoms with Crippen molar-refractivity contribution in [1.29, 1.82) is 0 Å². The number of benzene rings is 1. The molecule has 2 amide bonds. The number of thioether (sulfide) groups is 1. The Balaban J connectivity index is 1.62. The van der Waals surface area contributed by atoms with Crippen molar-refractivity contribution in [2.24, 2.45) is 5.92 Å². The highest BCUT2D eigenvalue weighted by molar-refractivity contribution is 8.26. The van der Waals surface area contributed by atoms with E-state index in [1.807, 2.05) is 43.3 Å². The van der Waals surface area contributed by atoms with Gasteiger partial charge in [0.15, 0.2) is 0 Å². The van der Waals surface area contributed by atoms with Crippen LogP contribution >= 0.6 is 35.3 Å². The van der Waals surface area contributed by atoms with E-state index >= 15 is 0 Å². The van der Waals surface area contributed by atoms with Gasteiger partial charge < -0.3 is 0 Å². The van der Waals surface area contributed by atoms with Crippen LogP contribution in [0.5, 0.6) is 0 Å². The van der Waals surface area contributed by atoms with E-state index in [2.05, 4.69) is 29.4 Å². The summed E-state index contributed by atoms with van der Waals surface area (Å²) in [7, 11) is 0. The lowest BCUT2D eigenvalue weighted by atomic mass is 10.1. The van der Waals surface area contributed by atoms with Crippen molar-refractivity contribution in [2.45, 2.75) is 27.2 Å². The van der Waals surface area contributed by atoms with Gasteiger partial charge >= 0.3 is 0 Å². The van der Waals surface area contributed by atoms with Crippen LogP contribution in [0.1, 0.15) is 31.3 Å². The summed E-state index contributed by atoms with van der Waals surface area (Å²) in [5, 5.41) is 12.1. The van der Waals surface area contributed by atoms with Gasteiger partial charge in [0, 0.05) is 6.42 Å². The molecule has 1 aliphatic rings. The zero-order valence-corrected chi connectivity index (χ0v) is 19.4. The van der Waals surface area contributed by atoms with Gasteiger partial charge in [-0.05, 0) is 30.1 Å². The molecule has 3 rings (SSSR count). The minimum absolute atomic E-state index is 0.150. The number of rotatable bonds is 7. The number of aromatic nitrogens is 2. The normalized spacial score (nSPS) is 16.1. The molecule has 2 aromatic rings. The van der Waals surface area contributed by atoms with Crippen molar-refractivity contribution in [2.75, 3.05) is 11.9 Å². The molecule has 0 bridgehead atoms. The number of hydrogen-bond acceptors (Lipinski definition) is 7. The van der Waals surface area contributed by atoms with Crippen LogP contribution in [-0.2, 0) is 16.0 Å². The number of carbonyl (C=O) groups is 2. The molecule has 1 aromatic carbocycles. The van der Waals surface area contributed by atoms with E-state index < -0.39 is 0 Å². The Morgan fingerprint density at radius 2 is 2.00 bits per heavy atom. The van der Waals surface area contributed by atoms with Gasteiger partial charge in [0.2, 0.25) is 11.0 Å². The number of carbonyl (C=O) groups excluding carboxylic acids is 2. The van der Waals surface area contributed by atoms with Crippen LogP contribution in [0.25, 0.3) is 6.08 Å². The Morgan fingerprint density at radius 3 is 2.70 bits per heavy atom. The number of thiocarbonyl (C=S) groups is 1. The van der Waals surface area contributed by atoms with E-state index in [0.717, 1.165) is 22.6 Å². The van der Waals surface area contributed by atoms with E-state index in [1.165, 1.54) is 28.0 Å². The Bertz CT molecular complexity index is 1010. The molecule has 1 saturated heterocycles. The molecule has 0 spiro atoms. The summed E-state index contributed by atoms with van der Waals surface area (Å²) in [4.78, 5) is 26.9. The van der Waals surface area contributed by atoms with Gasteiger partial charge in [0.25, 0.3) is 5.91 Å². The summed E-state index contributed by atoms with van der Waals surface area (Å²) in [5.74, 6) is -0.155. The summed E-state index contributed by atoms with van der Waals surface area (Å²) >= 11 is 7.86. The van der Waals surface area contributed by atoms with Gasteiger partial charge in [-0.25, -0.2) is 0 Å². The van der Waals surface area contributed by atoms with Crippen LogP contribution < -0.4 is 5.32 Å². The van der Waals surface area contributed by atoms with Crippen LogP contribution in [-0.4, -0.2) is 37.8 Å². The van der Waals surface area contributed by atoms with E-state index in [1.54, 1.807) is 6.08 Å². The number of hydrogen-bond donors (Lipinski definition) is 1. The summed E-state index contributed by atoms with van der Waals surface area (Å²) < 4.78 is 0.367. The highest BCUT2D eigenvalue weighted by atomic mass is 32.2. The molecule has 1 aliphatic heterocycles. The largest absolute Gasteiger partial charge is 0.299 e. The Hall–Kier alpha value is -2.36. The molecule has 1 fully saturated rings. The standard InChI is InChI=1S/C21H22N4O2S3/c1-13(2)9-18-23-24-20(30-18)22-17(26)12-25-19(27)16(29-21(25)28)11-14(3)10-15-7-5-4-6-8-15/h4-8,10-11,13H,9,12H2,1-3H3,(H,22,24,26)/b14-10+,16-11-. The van der Waals surface area contributed by atoms with Gasteiger partial charge in [0.1, 0.15) is 15.9 Å². The fourth-order valence-corrected chi connectivity index (χ4v) is 5.01. The minimum atomic E-state index is -0.351. The lowest BCUT2D eigenvalue weighted by Crippen LogP contribution is -2.36. The third-order valence-electron chi connectivity index (χ3n) is 4.02. The smallest absolute Gasteiger partial charge is 0.266 e. The van der Waals surface area contributed by atoms with Gasteiger partial charge in [-0.2, -0.15) is 0 Å². The first kappa shape index (κ1) is 22.3. The summed E-state index contributed by atoms with van der Waals surface area (Å²) in [6, 6.07) is 9.86. The van der Waals surface area contributed by atoms with Gasteiger partial charge in [-0.3, -0.25) is 19.8 Å². The third-order valence-corrected chi connectivity index (χ3v) is 6.26. The molecule has 1 aromatic heterocycles. The monoisotopic (exact) mass is 458 g/mol. The van der Waals surface area contributed by atoms with Crippen molar-refractivity contribution in [3.63, 3.8) is 0 Å². The Kier molecular flexibility index (Phi) is 7.52. The first-order chi connectivity index (χ1) is 14.3. The van der Waals surface area contributed by atoms with Crippen molar-refractivity contribution >= 4 is 62.7 Å². The molecular formula is C21H22N4O2S3. The maximum atomic E-state index is 12.7. The van der Waals surface area contributed by atoms with Crippen molar-refractivity contribution in [1.82, 2.24) is 15.1 Å². The summed E-state index contributed by atoms with van der Waals surface area (Å²) in [6.45, 7) is 5.97. The van der Waals surface area contributed by atoms with E-state index in [4.69, 9.17) is 12.2 Å². The van der Waals surface area contributed by atoms with Crippen LogP contribution in [0, 0.1) is 5.92 Å². The van der Waals surface area contributed by atoms with E-state index in [0.29, 0.717) is 20.3 Å². The second-order valence-electron chi connectivity index (χ2n) is 7.21. The predicted octanol–water partition coefficient (Wildman–Crippen LogP) is 4.52. The second-order valence-corrected chi connectivity index (χ2v) is 9.95. The molecule has 0 unspecified atom stereocenters. The number of amides is 2. The molecule has 0 aliphatic carbocycles. The Labute approximate surface area is 189 Å². The molecule has 1 N–H and O–H groups in total. The molecular weight excluding hydrogens is 436 g/mol. The predicted molar refractivity (Wildman–Crippen MR) is 127 cm³/mol. The van der Waals surface area contributed by atoms with Gasteiger partial charge in [0.05, 0.1) is 4.91 Å². The van der Waals surface area contributed by atoms with E-state index in [-0.39, 0.29) is 18.4 Å². The summed E-state index contributed by atoms with van der Waals surface area (Å²) in [5.41, 5.74) is 1.98. The van der Waals surface area contributed by atoms with Crippen LogP contribution in [0.15, 0.2) is 46.9 Å². The molecule has 156 valence electrons. The van der Waals surface area contributed by atoms with Gasteiger partial charge in [-0.1, -0.05) is 85.6 Å². The second kappa shape index (κ2) is 10.1. The highest BCUT2D eigenvalue weighted by Crippen LogP contribution is 2.32. The topological polar surface area (TPSA) is 75.2 Å². The number of nitrogens with one attached hydrogen (secondary N) is 1. The zero-order chi connectivity index (χ0) is 21.7. The number of nitrogens with zero attached hydrogens (tertiary/aromatic N) is 3. The first-order valence-corrected chi connectivity index (χ1v) is 11.5. The van der Waals surface area contributed by atoms with Crippen LogP contribution in [0.4, 0.5) is 5.13 Å². The maximum absolute atomic E-state index is 12.7. The van der Waals surface area contributed by atoms with Crippen molar-refractivity contribution < 1.29 is 9.59 Å². The third kappa shape index (κ3) is 6.07. The molecule has 0 atom stereocenters. The SMILES string of the molecule is CC(/C=C1\SC(=S)N(CC(=O)Nc2nnc(CC(C)C)s2)C1=O)=C\c1ccccc1. The first-order valence-electron chi connectivity index (χ1n) is 9.42. The number of anilines is 1. The zero-order valence-electron chi connectivity index (χ0n) is 16.9. The van der Waals surface area contributed by atoms with E-state index in [9.17, 15) is 9.59 Å². The maximum Gasteiger partial charge on any atom is 0.266 e. The Morgan fingerprint density at radius 1 is 1.27 bits per heavy atom. The lowest BCUT2D eigenvalue weighted by Gasteiger charge is -2.13. The van der Waals surface area contributed by atoms with Crippen LogP contribution in [0.3, 0.4) is 0 Å². The minimum Gasteiger partial charge on any atom is -0.299 e. The molecule has 9 heteroatoms. The molecule has 30 heavy (non-hydrogen) atoms. The molecule has 6 nitrogen and oxygen atoms in total. The number of allylic oxidation sites excluding steroid dienone is 2. The fourth-order valence-electron chi connectivity index (χ4n) is 2.74. The average molecular weight is 459 g/mol. The molecule has 2 heterocycles. The fraction of sp³-hybridized carbons (Fsp3) is 0.286. The van der Waals surface area contributed by atoms with Gasteiger partial charge in [-0.15, -0.1) is 10.2 Å².